The van der Waals surface area contributed by atoms with E-state index in [-0.39, 0.29) is 30.2 Å². The lowest BCUT2D eigenvalue weighted by molar-refractivity contribution is -0.135. The predicted molar refractivity (Wildman–Crippen MR) is 116 cm³/mol. The largest absolute Gasteiger partial charge is 0.375 e. The van der Waals surface area contributed by atoms with E-state index in [0.717, 1.165) is 6.54 Å². The van der Waals surface area contributed by atoms with Gasteiger partial charge in [-0.05, 0) is 31.5 Å². The first kappa shape index (κ1) is 22.0. The molecule has 3 aliphatic heterocycles. The second kappa shape index (κ2) is 8.53. The van der Waals surface area contributed by atoms with Crippen LogP contribution in [0.25, 0.3) is 11.0 Å². The molecule has 178 valence electrons. The number of aryl methyl sites for hydroxylation is 1. The van der Waals surface area contributed by atoms with Crippen molar-refractivity contribution >= 4 is 28.5 Å². The third-order valence-corrected chi connectivity index (χ3v) is 6.88. The number of fused-ring (bicyclic) bond motifs is 1. The van der Waals surface area contributed by atoms with Gasteiger partial charge in [0.2, 0.25) is 11.8 Å². The summed E-state index contributed by atoms with van der Waals surface area (Å²) in [5, 5.41) is 5.24. The van der Waals surface area contributed by atoms with E-state index in [2.05, 4.69) is 10.6 Å². The molecule has 1 aromatic carbocycles. The molecular formula is C22H27F2N5O4. The van der Waals surface area contributed by atoms with Crippen molar-refractivity contribution in [3.8, 4) is 0 Å². The molecule has 5 rings (SSSR count). The summed E-state index contributed by atoms with van der Waals surface area (Å²) in [4.78, 5) is 38.5. The highest BCUT2D eigenvalue weighted by Gasteiger charge is 2.35. The van der Waals surface area contributed by atoms with Gasteiger partial charge >= 0.3 is 5.69 Å². The topological polar surface area (TPSA) is 97.6 Å². The minimum atomic E-state index is -1.01. The fraction of sp³-hybridized carbons (Fsp3) is 0.591. The number of hydrogen-bond donors (Lipinski definition) is 2. The van der Waals surface area contributed by atoms with Crippen LogP contribution in [0, 0.1) is 11.7 Å². The number of imide groups is 1. The van der Waals surface area contributed by atoms with Crippen molar-refractivity contribution in [2.75, 3.05) is 37.7 Å². The number of hydrogen-bond acceptors (Lipinski definition) is 6. The van der Waals surface area contributed by atoms with Crippen molar-refractivity contribution in [3.05, 3.63) is 28.4 Å². The number of benzene rings is 1. The number of ether oxygens (including phenoxy) is 1. The molecule has 3 atom stereocenters. The summed E-state index contributed by atoms with van der Waals surface area (Å²) in [6, 6.07) is 2.40. The van der Waals surface area contributed by atoms with Gasteiger partial charge in [-0.3, -0.25) is 24.0 Å². The van der Waals surface area contributed by atoms with E-state index in [9.17, 15) is 18.8 Å². The van der Waals surface area contributed by atoms with Crippen LogP contribution in [0.5, 0.6) is 0 Å². The molecule has 3 saturated heterocycles. The van der Waals surface area contributed by atoms with E-state index >= 15 is 4.39 Å². The number of alkyl halides is 1. The van der Waals surface area contributed by atoms with Crippen LogP contribution < -0.4 is 21.2 Å². The van der Waals surface area contributed by atoms with Crippen LogP contribution in [0.2, 0.25) is 0 Å². The number of aromatic nitrogens is 2. The highest BCUT2D eigenvalue weighted by molar-refractivity contribution is 6.00. The molecule has 0 radical (unpaired) electrons. The van der Waals surface area contributed by atoms with Crippen molar-refractivity contribution in [1.82, 2.24) is 19.8 Å². The van der Waals surface area contributed by atoms with E-state index in [1.807, 2.05) is 4.90 Å². The molecule has 0 bridgehead atoms. The molecule has 9 nitrogen and oxygen atoms in total. The number of halogens is 2. The van der Waals surface area contributed by atoms with Crippen molar-refractivity contribution in [2.45, 2.75) is 37.6 Å². The molecule has 1 aromatic heterocycles. The quantitative estimate of drug-likeness (QED) is 0.631. The van der Waals surface area contributed by atoms with Crippen LogP contribution >= 0.6 is 0 Å². The van der Waals surface area contributed by atoms with Crippen LogP contribution in [-0.4, -0.2) is 66.0 Å². The van der Waals surface area contributed by atoms with Crippen molar-refractivity contribution in [2.24, 2.45) is 13.0 Å². The SMILES string of the molecule is Cn1c(=O)n(C2CCC(=O)NC2=O)c2ccc(N3CC(CO[C@@H]4CCNC[C@H]4F)C3)c(F)c21. The number of carbonyl (C=O) groups excluding carboxylic acids is 2. The van der Waals surface area contributed by atoms with E-state index in [4.69, 9.17) is 4.74 Å². The van der Waals surface area contributed by atoms with E-state index < -0.39 is 35.7 Å². The van der Waals surface area contributed by atoms with E-state index in [0.29, 0.717) is 43.9 Å². The first-order valence-corrected chi connectivity index (χ1v) is 11.3. The maximum absolute atomic E-state index is 15.5. The van der Waals surface area contributed by atoms with Crippen molar-refractivity contribution in [1.29, 1.82) is 0 Å². The Morgan fingerprint density at radius 3 is 2.70 bits per heavy atom. The number of amides is 2. The first-order chi connectivity index (χ1) is 15.8. The second-order valence-corrected chi connectivity index (χ2v) is 9.10. The van der Waals surface area contributed by atoms with Gasteiger partial charge in [0, 0.05) is 39.0 Å². The summed E-state index contributed by atoms with van der Waals surface area (Å²) in [6.07, 6.45) is -0.449. The average Bonchev–Trinajstić information content (AvgIpc) is 3.00. The van der Waals surface area contributed by atoms with Crippen LogP contribution in [0.15, 0.2) is 16.9 Å². The summed E-state index contributed by atoms with van der Waals surface area (Å²) < 4.78 is 37.6. The summed E-state index contributed by atoms with van der Waals surface area (Å²) >= 11 is 0. The van der Waals surface area contributed by atoms with Crippen LogP contribution in [0.3, 0.4) is 0 Å². The van der Waals surface area contributed by atoms with Crippen molar-refractivity contribution in [3.63, 3.8) is 0 Å². The summed E-state index contributed by atoms with van der Waals surface area (Å²) in [7, 11) is 1.47. The molecule has 3 aliphatic rings. The van der Waals surface area contributed by atoms with Crippen LogP contribution in [0.4, 0.5) is 14.5 Å². The van der Waals surface area contributed by atoms with Gasteiger partial charge in [-0.1, -0.05) is 0 Å². The lowest BCUT2D eigenvalue weighted by atomic mass is 9.99. The molecule has 0 spiro atoms. The Morgan fingerprint density at radius 2 is 1.97 bits per heavy atom. The highest BCUT2D eigenvalue weighted by Crippen LogP contribution is 2.33. The number of nitrogens with one attached hydrogen (secondary N) is 2. The molecule has 0 aliphatic carbocycles. The Kier molecular flexibility index (Phi) is 5.69. The lowest BCUT2D eigenvalue weighted by Gasteiger charge is -2.42. The molecule has 3 fully saturated rings. The number of rotatable bonds is 5. The molecule has 0 saturated carbocycles. The minimum Gasteiger partial charge on any atom is -0.375 e. The number of nitrogens with zero attached hydrogens (tertiary/aromatic N) is 3. The fourth-order valence-electron chi connectivity index (χ4n) is 5.01. The standard InChI is InChI=1S/C22H27F2N5O4/c1-27-20-15(29(22(27)32)16-4-5-18(30)26-21(16)31)3-2-14(19(20)24)28-9-12(10-28)11-33-17-6-7-25-8-13(17)23/h2-3,12-13,16-17,25H,4-11H2,1H3,(H,26,30,31)/t13-,16?,17-/m1/s1. The summed E-state index contributed by atoms with van der Waals surface area (Å²) in [6.45, 7) is 2.63. The molecule has 11 heteroatoms. The minimum absolute atomic E-state index is 0.122. The Labute approximate surface area is 188 Å². The van der Waals surface area contributed by atoms with Gasteiger partial charge in [-0.15, -0.1) is 0 Å². The zero-order valence-electron chi connectivity index (χ0n) is 18.4. The number of piperidine rings is 2. The molecular weight excluding hydrogens is 436 g/mol. The summed E-state index contributed by atoms with van der Waals surface area (Å²) in [5.74, 6) is -1.28. The normalized spacial score (nSPS) is 26.5. The first-order valence-electron chi connectivity index (χ1n) is 11.3. The van der Waals surface area contributed by atoms with Gasteiger partial charge in [0.15, 0.2) is 5.82 Å². The maximum Gasteiger partial charge on any atom is 0.329 e. The number of anilines is 1. The zero-order chi connectivity index (χ0) is 23.3. The fourth-order valence-corrected chi connectivity index (χ4v) is 5.01. The van der Waals surface area contributed by atoms with Crippen LogP contribution in [-0.2, 0) is 21.4 Å². The van der Waals surface area contributed by atoms with Gasteiger partial charge in [-0.2, -0.15) is 0 Å². The highest BCUT2D eigenvalue weighted by atomic mass is 19.1. The van der Waals surface area contributed by atoms with Gasteiger partial charge in [0.25, 0.3) is 0 Å². The molecule has 4 heterocycles. The van der Waals surface area contributed by atoms with Crippen LogP contribution in [0.1, 0.15) is 25.3 Å². The second-order valence-electron chi connectivity index (χ2n) is 9.10. The smallest absolute Gasteiger partial charge is 0.329 e. The molecule has 2 amide bonds. The summed E-state index contributed by atoms with van der Waals surface area (Å²) in [5.41, 5.74) is 0.309. The molecule has 33 heavy (non-hydrogen) atoms. The lowest BCUT2D eigenvalue weighted by Crippen LogP contribution is -2.51. The zero-order valence-corrected chi connectivity index (χ0v) is 18.4. The van der Waals surface area contributed by atoms with Gasteiger partial charge in [0.1, 0.15) is 17.7 Å². The number of imidazole rings is 1. The molecule has 2 N–H and O–H groups in total. The van der Waals surface area contributed by atoms with Gasteiger partial charge in [-0.25, -0.2) is 13.6 Å². The number of carbonyl (C=O) groups is 2. The third kappa shape index (κ3) is 3.82. The molecule has 1 unspecified atom stereocenters. The van der Waals surface area contributed by atoms with E-state index in [1.54, 1.807) is 12.1 Å². The van der Waals surface area contributed by atoms with Gasteiger partial charge < -0.3 is 15.0 Å². The Balaban J connectivity index is 1.32. The van der Waals surface area contributed by atoms with Crippen molar-refractivity contribution < 1.29 is 23.1 Å². The van der Waals surface area contributed by atoms with E-state index in [1.165, 1.54) is 16.2 Å². The Morgan fingerprint density at radius 1 is 1.18 bits per heavy atom. The Hall–Kier alpha value is -2.79. The Bertz CT molecular complexity index is 1160. The maximum atomic E-state index is 15.5. The van der Waals surface area contributed by atoms with Gasteiger partial charge in [0.05, 0.1) is 23.9 Å². The third-order valence-electron chi connectivity index (χ3n) is 6.88. The monoisotopic (exact) mass is 463 g/mol. The molecule has 2 aromatic rings. The average molecular weight is 463 g/mol. The predicted octanol–water partition coefficient (Wildman–Crippen LogP) is 0.610.